The Morgan fingerprint density at radius 1 is 1.50 bits per heavy atom. The van der Waals surface area contributed by atoms with Crippen molar-refractivity contribution in [2.24, 2.45) is 0 Å². The predicted molar refractivity (Wildman–Crippen MR) is 47.3 cm³/mol. The minimum absolute atomic E-state index is 0.0246. The summed E-state index contributed by atoms with van der Waals surface area (Å²) in [5.41, 5.74) is 1.57. The molecule has 0 aliphatic rings. The van der Waals surface area contributed by atoms with Gasteiger partial charge >= 0.3 is 0 Å². The number of hydrogen-bond acceptors (Lipinski definition) is 2. The molecule has 12 heavy (non-hydrogen) atoms. The van der Waals surface area contributed by atoms with Crippen molar-refractivity contribution in [1.82, 2.24) is 0 Å². The first-order valence-corrected chi connectivity index (χ1v) is 3.64. The van der Waals surface area contributed by atoms with E-state index in [2.05, 4.69) is 0 Å². The molecule has 1 rings (SSSR count). The molecule has 1 N–H and O–H groups in total. The van der Waals surface area contributed by atoms with Crippen LogP contribution < -0.4 is 0 Å². The summed E-state index contributed by atoms with van der Waals surface area (Å²) in [6.45, 7) is 0.0246. The minimum atomic E-state index is 0.0246. The van der Waals surface area contributed by atoms with Gasteiger partial charge in [-0.15, -0.1) is 0 Å². The van der Waals surface area contributed by atoms with Gasteiger partial charge in [0.1, 0.15) is 0 Å². The van der Waals surface area contributed by atoms with Crippen molar-refractivity contribution in [3.63, 3.8) is 0 Å². The number of rotatable bonds is 2. The van der Waals surface area contributed by atoms with Gasteiger partial charge < -0.3 is 5.11 Å². The standard InChI is InChI=1S/C10H9NO/c11-8-10-4-1-3-9(7-10)5-2-6-12/h1-5,7,12H,6H2/b5-2+. The zero-order valence-electron chi connectivity index (χ0n) is 6.57. The van der Waals surface area contributed by atoms with E-state index in [0.29, 0.717) is 5.56 Å². The maximum Gasteiger partial charge on any atom is 0.0991 e. The van der Waals surface area contributed by atoms with Gasteiger partial charge in [-0.05, 0) is 17.7 Å². The number of aliphatic hydroxyl groups is 1. The van der Waals surface area contributed by atoms with Crippen LogP contribution in [0.2, 0.25) is 0 Å². The maximum atomic E-state index is 8.56. The van der Waals surface area contributed by atoms with Crippen LogP contribution in [-0.4, -0.2) is 11.7 Å². The van der Waals surface area contributed by atoms with E-state index in [1.165, 1.54) is 0 Å². The number of hydrogen-bond donors (Lipinski definition) is 1. The van der Waals surface area contributed by atoms with Crippen molar-refractivity contribution in [1.29, 1.82) is 5.26 Å². The molecule has 0 fully saturated rings. The summed E-state index contributed by atoms with van der Waals surface area (Å²) < 4.78 is 0. The average Bonchev–Trinajstić information content (AvgIpc) is 2.15. The van der Waals surface area contributed by atoms with Gasteiger partial charge in [0.05, 0.1) is 18.2 Å². The van der Waals surface area contributed by atoms with Crippen LogP contribution >= 0.6 is 0 Å². The Labute approximate surface area is 71.4 Å². The Hall–Kier alpha value is -1.59. The van der Waals surface area contributed by atoms with Crippen LogP contribution in [0.3, 0.4) is 0 Å². The molecule has 0 bridgehead atoms. The van der Waals surface area contributed by atoms with E-state index in [-0.39, 0.29) is 6.61 Å². The lowest BCUT2D eigenvalue weighted by molar-refractivity contribution is 0.343. The molecule has 1 aromatic rings. The second-order valence-electron chi connectivity index (χ2n) is 2.32. The Bertz CT molecular complexity index is 323. The largest absolute Gasteiger partial charge is 0.392 e. The highest BCUT2D eigenvalue weighted by Crippen LogP contribution is 2.05. The minimum Gasteiger partial charge on any atom is -0.392 e. The van der Waals surface area contributed by atoms with Gasteiger partial charge in [-0.25, -0.2) is 0 Å². The lowest BCUT2D eigenvalue weighted by atomic mass is 10.1. The van der Waals surface area contributed by atoms with E-state index in [1.807, 2.05) is 18.2 Å². The molecule has 0 aromatic heterocycles. The van der Waals surface area contributed by atoms with Crippen LogP contribution in [0.1, 0.15) is 11.1 Å². The quantitative estimate of drug-likeness (QED) is 0.711. The predicted octanol–water partition coefficient (Wildman–Crippen LogP) is 1.56. The summed E-state index contributed by atoms with van der Waals surface area (Å²) in [5.74, 6) is 0. The summed E-state index contributed by atoms with van der Waals surface area (Å²) in [5, 5.41) is 17.1. The van der Waals surface area contributed by atoms with E-state index in [1.54, 1.807) is 24.3 Å². The lowest BCUT2D eigenvalue weighted by Crippen LogP contribution is -1.77. The monoisotopic (exact) mass is 159 g/mol. The molecular formula is C10H9NO. The molecule has 2 heteroatoms. The van der Waals surface area contributed by atoms with Crippen molar-refractivity contribution in [2.75, 3.05) is 6.61 Å². The van der Waals surface area contributed by atoms with Gasteiger partial charge in [0.15, 0.2) is 0 Å². The van der Waals surface area contributed by atoms with Gasteiger partial charge in [-0.2, -0.15) is 5.26 Å². The molecular weight excluding hydrogens is 150 g/mol. The fraction of sp³-hybridized carbons (Fsp3) is 0.100. The number of nitrogens with zero attached hydrogens (tertiary/aromatic N) is 1. The first-order chi connectivity index (χ1) is 5.86. The van der Waals surface area contributed by atoms with E-state index in [4.69, 9.17) is 10.4 Å². The van der Waals surface area contributed by atoms with Gasteiger partial charge in [-0.3, -0.25) is 0 Å². The van der Waals surface area contributed by atoms with Crippen LogP contribution in [0.15, 0.2) is 30.3 Å². The number of aliphatic hydroxyl groups excluding tert-OH is 1. The fourth-order valence-electron chi connectivity index (χ4n) is 0.901. The van der Waals surface area contributed by atoms with Crippen LogP contribution in [0.4, 0.5) is 0 Å². The summed E-state index contributed by atoms with van der Waals surface area (Å²) in [6, 6.07) is 9.26. The zero-order valence-corrected chi connectivity index (χ0v) is 6.57. The molecule has 0 radical (unpaired) electrons. The molecule has 0 unspecified atom stereocenters. The normalized spacial score (nSPS) is 10.0. The van der Waals surface area contributed by atoms with Gasteiger partial charge in [0.25, 0.3) is 0 Å². The molecule has 0 heterocycles. The van der Waals surface area contributed by atoms with Crippen molar-refractivity contribution >= 4 is 6.08 Å². The molecule has 0 saturated carbocycles. The number of benzene rings is 1. The zero-order chi connectivity index (χ0) is 8.81. The third-order valence-electron chi connectivity index (χ3n) is 1.43. The first-order valence-electron chi connectivity index (χ1n) is 3.64. The third kappa shape index (κ3) is 2.22. The van der Waals surface area contributed by atoms with Crippen LogP contribution in [0.25, 0.3) is 6.08 Å². The molecule has 0 atom stereocenters. The highest BCUT2D eigenvalue weighted by atomic mass is 16.2. The fourth-order valence-corrected chi connectivity index (χ4v) is 0.901. The summed E-state index contributed by atoms with van der Waals surface area (Å²) >= 11 is 0. The SMILES string of the molecule is N#Cc1cccc(/C=C/CO)c1. The van der Waals surface area contributed by atoms with Crippen molar-refractivity contribution in [3.8, 4) is 6.07 Å². The van der Waals surface area contributed by atoms with E-state index in [0.717, 1.165) is 5.56 Å². The molecule has 0 spiro atoms. The Balaban J connectivity index is 2.88. The molecule has 60 valence electrons. The second kappa shape index (κ2) is 4.32. The average molecular weight is 159 g/mol. The summed E-state index contributed by atoms with van der Waals surface area (Å²) in [4.78, 5) is 0. The molecule has 0 aliphatic heterocycles. The maximum absolute atomic E-state index is 8.56. The topological polar surface area (TPSA) is 44.0 Å². The van der Waals surface area contributed by atoms with Gasteiger partial charge in [-0.1, -0.05) is 24.3 Å². The number of nitriles is 1. The van der Waals surface area contributed by atoms with Gasteiger partial charge in [0.2, 0.25) is 0 Å². The molecule has 1 aromatic carbocycles. The second-order valence-corrected chi connectivity index (χ2v) is 2.32. The van der Waals surface area contributed by atoms with E-state index >= 15 is 0 Å². The molecule has 0 aliphatic carbocycles. The van der Waals surface area contributed by atoms with Crippen LogP contribution in [0.5, 0.6) is 0 Å². The molecule has 0 saturated heterocycles. The molecule has 0 amide bonds. The smallest absolute Gasteiger partial charge is 0.0991 e. The Kier molecular flexibility index (Phi) is 3.06. The highest BCUT2D eigenvalue weighted by Gasteiger charge is 1.89. The summed E-state index contributed by atoms with van der Waals surface area (Å²) in [6.07, 6.45) is 3.41. The molecule has 2 nitrogen and oxygen atoms in total. The highest BCUT2D eigenvalue weighted by molar-refractivity contribution is 5.52. The van der Waals surface area contributed by atoms with Crippen molar-refractivity contribution in [2.45, 2.75) is 0 Å². The lowest BCUT2D eigenvalue weighted by Gasteiger charge is -1.92. The van der Waals surface area contributed by atoms with Crippen LogP contribution in [-0.2, 0) is 0 Å². The van der Waals surface area contributed by atoms with Crippen molar-refractivity contribution < 1.29 is 5.11 Å². The van der Waals surface area contributed by atoms with Gasteiger partial charge in [0, 0.05) is 0 Å². The first kappa shape index (κ1) is 8.51. The summed E-state index contributed by atoms with van der Waals surface area (Å²) in [7, 11) is 0. The third-order valence-corrected chi connectivity index (χ3v) is 1.43. The van der Waals surface area contributed by atoms with E-state index < -0.39 is 0 Å². The Morgan fingerprint density at radius 2 is 2.33 bits per heavy atom. The Morgan fingerprint density at radius 3 is 3.00 bits per heavy atom. The van der Waals surface area contributed by atoms with Crippen molar-refractivity contribution in [3.05, 3.63) is 41.5 Å². The van der Waals surface area contributed by atoms with E-state index in [9.17, 15) is 0 Å². The van der Waals surface area contributed by atoms with Crippen LogP contribution in [0, 0.1) is 11.3 Å².